The molecular weight excluding hydrogens is 271 g/mol. The van der Waals surface area contributed by atoms with E-state index in [1.807, 2.05) is 6.92 Å². The van der Waals surface area contributed by atoms with Crippen molar-refractivity contribution in [2.24, 2.45) is 5.16 Å². The van der Waals surface area contributed by atoms with Gasteiger partial charge in [-0.15, -0.1) is 0 Å². The molecule has 21 heavy (non-hydrogen) atoms. The summed E-state index contributed by atoms with van der Waals surface area (Å²) in [6, 6.07) is 6.36. The predicted molar refractivity (Wildman–Crippen MR) is 77.0 cm³/mol. The molecule has 0 radical (unpaired) electrons. The molecule has 1 unspecified atom stereocenters. The molecule has 1 aromatic carbocycles. The van der Waals surface area contributed by atoms with Crippen LogP contribution in [0.1, 0.15) is 34.9 Å². The van der Waals surface area contributed by atoms with Crippen LogP contribution in [-0.2, 0) is 6.42 Å². The summed E-state index contributed by atoms with van der Waals surface area (Å²) in [5, 5.41) is 12.7. The SMILES string of the molecule is Cc1nc(N)nc2c1/C(=N\O)CC(c1ccc(F)cc1)C2. The van der Waals surface area contributed by atoms with Gasteiger partial charge in [0.25, 0.3) is 0 Å². The number of hydrogen-bond donors (Lipinski definition) is 2. The lowest BCUT2D eigenvalue weighted by Gasteiger charge is -2.25. The maximum absolute atomic E-state index is 13.0. The highest BCUT2D eigenvalue weighted by atomic mass is 19.1. The van der Waals surface area contributed by atoms with Crippen LogP contribution in [0.2, 0.25) is 0 Å². The Morgan fingerprint density at radius 3 is 2.62 bits per heavy atom. The molecule has 3 N–H and O–H groups in total. The van der Waals surface area contributed by atoms with E-state index in [1.165, 1.54) is 12.1 Å². The Balaban J connectivity index is 2.04. The average molecular weight is 286 g/mol. The van der Waals surface area contributed by atoms with Crippen molar-refractivity contribution in [1.82, 2.24) is 9.97 Å². The van der Waals surface area contributed by atoms with Gasteiger partial charge in [-0.2, -0.15) is 0 Å². The summed E-state index contributed by atoms with van der Waals surface area (Å²) in [5.41, 5.74) is 9.48. The summed E-state index contributed by atoms with van der Waals surface area (Å²) >= 11 is 0. The number of benzene rings is 1. The van der Waals surface area contributed by atoms with Crippen molar-refractivity contribution < 1.29 is 9.60 Å². The maximum atomic E-state index is 13.0. The number of rotatable bonds is 1. The number of aryl methyl sites for hydroxylation is 1. The summed E-state index contributed by atoms with van der Waals surface area (Å²) in [6.45, 7) is 1.82. The van der Waals surface area contributed by atoms with E-state index in [0.29, 0.717) is 24.2 Å². The van der Waals surface area contributed by atoms with Crippen LogP contribution in [0.3, 0.4) is 0 Å². The van der Waals surface area contributed by atoms with Gasteiger partial charge in [-0.05, 0) is 37.0 Å². The quantitative estimate of drug-likeness (QED) is 0.623. The fourth-order valence-corrected chi connectivity index (χ4v) is 2.88. The zero-order valence-corrected chi connectivity index (χ0v) is 11.5. The van der Waals surface area contributed by atoms with Gasteiger partial charge >= 0.3 is 0 Å². The number of hydrogen-bond acceptors (Lipinski definition) is 5. The van der Waals surface area contributed by atoms with E-state index in [-0.39, 0.29) is 17.7 Å². The van der Waals surface area contributed by atoms with Crippen molar-refractivity contribution in [3.8, 4) is 0 Å². The normalized spacial score (nSPS) is 19.5. The van der Waals surface area contributed by atoms with Crippen LogP contribution in [0.5, 0.6) is 0 Å². The number of anilines is 1. The van der Waals surface area contributed by atoms with Gasteiger partial charge in [0.1, 0.15) is 5.82 Å². The molecule has 3 rings (SSSR count). The summed E-state index contributed by atoms with van der Waals surface area (Å²) in [5.74, 6) is 0.0226. The van der Waals surface area contributed by atoms with Crippen LogP contribution in [0, 0.1) is 12.7 Å². The first kappa shape index (κ1) is 13.5. The second-order valence-electron chi connectivity index (χ2n) is 5.19. The van der Waals surface area contributed by atoms with Crippen molar-refractivity contribution in [3.05, 3.63) is 52.6 Å². The topological polar surface area (TPSA) is 84.4 Å². The first-order valence-corrected chi connectivity index (χ1v) is 6.68. The van der Waals surface area contributed by atoms with E-state index >= 15 is 0 Å². The van der Waals surface area contributed by atoms with E-state index in [2.05, 4.69) is 15.1 Å². The fourth-order valence-electron chi connectivity index (χ4n) is 2.88. The van der Waals surface area contributed by atoms with Crippen LogP contribution in [0.4, 0.5) is 10.3 Å². The van der Waals surface area contributed by atoms with Crippen molar-refractivity contribution in [2.45, 2.75) is 25.7 Å². The molecule has 108 valence electrons. The van der Waals surface area contributed by atoms with Gasteiger partial charge in [-0.25, -0.2) is 14.4 Å². The van der Waals surface area contributed by atoms with E-state index in [9.17, 15) is 9.60 Å². The standard InChI is InChI=1S/C15H15FN4O/c1-8-14-12(19-15(17)18-8)6-10(7-13(14)20-21)9-2-4-11(16)5-3-9/h2-5,10,21H,6-7H2,1H3,(H2,17,18,19)/b20-13-. The molecule has 0 aliphatic heterocycles. The zero-order valence-electron chi connectivity index (χ0n) is 11.5. The zero-order chi connectivity index (χ0) is 15.0. The van der Waals surface area contributed by atoms with Gasteiger partial charge in [-0.3, -0.25) is 0 Å². The van der Waals surface area contributed by atoms with E-state index in [4.69, 9.17) is 5.73 Å². The minimum atomic E-state index is -0.270. The first-order chi connectivity index (χ1) is 10.1. The van der Waals surface area contributed by atoms with Gasteiger partial charge < -0.3 is 10.9 Å². The molecule has 1 aromatic heterocycles. The number of nitrogens with zero attached hydrogens (tertiary/aromatic N) is 3. The summed E-state index contributed by atoms with van der Waals surface area (Å²) < 4.78 is 13.0. The Morgan fingerprint density at radius 2 is 1.95 bits per heavy atom. The molecule has 0 fully saturated rings. The number of nitrogens with two attached hydrogens (primary N) is 1. The van der Waals surface area contributed by atoms with Crippen LogP contribution >= 0.6 is 0 Å². The van der Waals surface area contributed by atoms with E-state index < -0.39 is 0 Å². The third kappa shape index (κ3) is 2.44. The number of nitrogen functional groups attached to an aromatic ring is 1. The highest BCUT2D eigenvalue weighted by Crippen LogP contribution is 2.33. The Hall–Kier alpha value is -2.50. The summed E-state index contributed by atoms with van der Waals surface area (Å²) in [6.07, 6.45) is 1.22. The molecule has 2 aromatic rings. The Labute approximate surface area is 121 Å². The summed E-state index contributed by atoms with van der Waals surface area (Å²) in [7, 11) is 0. The summed E-state index contributed by atoms with van der Waals surface area (Å²) in [4.78, 5) is 8.39. The lowest BCUT2D eigenvalue weighted by molar-refractivity contribution is 0.316. The van der Waals surface area contributed by atoms with E-state index in [1.54, 1.807) is 12.1 Å². The first-order valence-electron chi connectivity index (χ1n) is 6.68. The van der Waals surface area contributed by atoms with Crippen LogP contribution in [-0.4, -0.2) is 20.9 Å². The van der Waals surface area contributed by atoms with Crippen molar-refractivity contribution in [2.75, 3.05) is 5.73 Å². The Kier molecular flexibility index (Phi) is 3.29. The molecule has 0 bridgehead atoms. The Morgan fingerprint density at radius 1 is 1.24 bits per heavy atom. The molecule has 0 amide bonds. The minimum Gasteiger partial charge on any atom is -0.411 e. The number of oxime groups is 1. The molecule has 0 saturated heterocycles. The number of aromatic nitrogens is 2. The maximum Gasteiger partial charge on any atom is 0.220 e. The van der Waals surface area contributed by atoms with Gasteiger partial charge in [0, 0.05) is 12.0 Å². The van der Waals surface area contributed by atoms with Crippen molar-refractivity contribution in [1.29, 1.82) is 0 Å². The molecule has 6 heteroatoms. The monoisotopic (exact) mass is 286 g/mol. The highest BCUT2D eigenvalue weighted by molar-refractivity contribution is 6.03. The van der Waals surface area contributed by atoms with Gasteiger partial charge in [0.2, 0.25) is 5.95 Å². The average Bonchev–Trinajstić information content (AvgIpc) is 2.46. The molecule has 0 saturated carbocycles. The lowest BCUT2D eigenvalue weighted by atomic mass is 9.81. The predicted octanol–water partition coefficient (Wildman–Crippen LogP) is 2.41. The van der Waals surface area contributed by atoms with Crippen LogP contribution in [0.25, 0.3) is 0 Å². The third-order valence-corrected chi connectivity index (χ3v) is 3.81. The Bertz CT molecular complexity index is 712. The van der Waals surface area contributed by atoms with Crippen LogP contribution in [0.15, 0.2) is 29.4 Å². The largest absolute Gasteiger partial charge is 0.411 e. The minimum absolute atomic E-state index is 0.0812. The fraction of sp³-hybridized carbons (Fsp3) is 0.267. The lowest BCUT2D eigenvalue weighted by Crippen LogP contribution is -2.23. The molecule has 1 aliphatic rings. The highest BCUT2D eigenvalue weighted by Gasteiger charge is 2.28. The third-order valence-electron chi connectivity index (χ3n) is 3.81. The molecule has 1 heterocycles. The molecule has 1 atom stereocenters. The van der Waals surface area contributed by atoms with Gasteiger partial charge in [0.05, 0.1) is 17.1 Å². The molecule has 1 aliphatic carbocycles. The van der Waals surface area contributed by atoms with Crippen LogP contribution < -0.4 is 5.73 Å². The van der Waals surface area contributed by atoms with Gasteiger partial charge in [-0.1, -0.05) is 17.3 Å². The second kappa shape index (κ2) is 5.12. The van der Waals surface area contributed by atoms with Crippen molar-refractivity contribution in [3.63, 3.8) is 0 Å². The smallest absolute Gasteiger partial charge is 0.220 e. The molecule has 0 spiro atoms. The molecular formula is C15H15FN4O. The number of halogens is 1. The van der Waals surface area contributed by atoms with Crippen molar-refractivity contribution >= 4 is 11.7 Å². The van der Waals surface area contributed by atoms with E-state index in [0.717, 1.165) is 16.8 Å². The molecule has 5 nitrogen and oxygen atoms in total. The second-order valence-corrected chi connectivity index (χ2v) is 5.19. The number of fused-ring (bicyclic) bond motifs is 1. The van der Waals surface area contributed by atoms with Gasteiger partial charge in [0.15, 0.2) is 0 Å².